The summed E-state index contributed by atoms with van der Waals surface area (Å²) < 4.78 is 79.8. The van der Waals surface area contributed by atoms with E-state index in [-0.39, 0.29) is 23.8 Å². The molecule has 1 atom stereocenters. The topological polar surface area (TPSA) is 57.7 Å². The van der Waals surface area contributed by atoms with E-state index in [1.807, 2.05) is 0 Å². The molecule has 1 aliphatic rings. The highest BCUT2D eigenvalue weighted by atomic mass is 19.4. The molecule has 1 aromatic carbocycles. The zero-order valence-electron chi connectivity index (χ0n) is 15.6. The number of esters is 1. The summed E-state index contributed by atoms with van der Waals surface area (Å²) in [5.41, 5.74) is -0.0890. The third-order valence-electron chi connectivity index (χ3n) is 4.54. The third-order valence-corrected chi connectivity index (χ3v) is 4.54. The number of halogens is 5. The Bertz CT molecular complexity index is 884. The van der Waals surface area contributed by atoms with Crippen molar-refractivity contribution in [2.75, 3.05) is 13.2 Å². The fourth-order valence-electron chi connectivity index (χ4n) is 3.16. The molecule has 1 fully saturated rings. The molecule has 10 heteroatoms. The van der Waals surface area contributed by atoms with Crippen LogP contribution in [0.1, 0.15) is 36.4 Å². The molecule has 1 aliphatic heterocycles. The summed E-state index contributed by atoms with van der Waals surface area (Å²) in [5, 5.41) is 0. The minimum Gasteiger partial charge on any atom is -0.462 e. The maximum absolute atomic E-state index is 14.3. The van der Waals surface area contributed by atoms with Gasteiger partial charge in [-0.3, -0.25) is 9.78 Å². The Labute approximate surface area is 168 Å². The second-order valence-corrected chi connectivity index (χ2v) is 6.67. The van der Waals surface area contributed by atoms with Crippen molar-refractivity contribution in [2.45, 2.75) is 37.6 Å². The molecule has 0 bridgehead atoms. The number of hydrogen-bond acceptors (Lipinski definition) is 5. The van der Waals surface area contributed by atoms with Crippen LogP contribution in [0.5, 0.6) is 5.75 Å². The Morgan fingerprint density at radius 2 is 1.90 bits per heavy atom. The average Bonchev–Trinajstić information content (AvgIpc) is 2.68. The first kappa shape index (κ1) is 21.9. The third kappa shape index (κ3) is 5.88. The number of carbonyl (C=O) groups excluding carboxylic acids is 1. The van der Waals surface area contributed by atoms with Crippen LogP contribution >= 0.6 is 0 Å². The summed E-state index contributed by atoms with van der Waals surface area (Å²) in [4.78, 5) is 16.4. The first-order valence-electron chi connectivity index (χ1n) is 9.16. The van der Waals surface area contributed by atoms with Gasteiger partial charge < -0.3 is 14.2 Å². The molecule has 0 N–H and O–H groups in total. The quantitative estimate of drug-likeness (QED) is 0.498. The highest BCUT2D eigenvalue weighted by Gasteiger charge is 2.33. The lowest BCUT2D eigenvalue weighted by Gasteiger charge is -2.24. The molecular weight excluding hydrogens is 413 g/mol. The summed E-state index contributed by atoms with van der Waals surface area (Å²) in [5.74, 6) is -4.79. The van der Waals surface area contributed by atoms with E-state index in [1.54, 1.807) is 0 Å². The fraction of sp³-hybridized carbons (Fsp3) is 0.400. The van der Waals surface area contributed by atoms with Crippen molar-refractivity contribution in [3.8, 4) is 5.75 Å². The number of hydrogen-bond donors (Lipinski definition) is 0. The summed E-state index contributed by atoms with van der Waals surface area (Å²) >= 11 is 0. The van der Waals surface area contributed by atoms with Gasteiger partial charge in [-0.2, -0.15) is 0 Å². The molecule has 1 aromatic heterocycles. The highest BCUT2D eigenvalue weighted by Crippen LogP contribution is 2.33. The van der Waals surface area contributed by atoms with E-state index in [9.17, 15) is 26.7 Å². The Hall–Kier alpha value is -2.75. The minimum absolute atomic E-state index is 0.0588. The van der Waals surface area contributed by atoms with E-state index in [0.29, 0.717) is 26.1 Å². The molecule has 5 nitrogen and oxygen atoms in total. The van der Waals surface area contributed by atoms with E-state index in [0.717, 1.165) is 24.3 Å². The van der Waals surface area contributed by atoms with Gasteiger partial charge in [0.25, 0.3) is 0 Å². The number of rotatable bonds is 6. The van der Waals surface area contributed by atoms with Gasteiger partial charge in [0.1, 0.15) is 11.9 Å². The Kier molecular flexibility index (Phi) is 6.86. The Balaban J connectivity index is 1.85. The van der Waals surface area contributed by atoms with Gasteiger partial charge in [-0.1, -0.05) is 6.07 Å². The summed E-state index contributed by atoms with van der Waals surface area (Å²) in [6.07, 6.45) is -3.45. The van der Waals surface area contributed by atoms with Crippen LogP contribution in [0.4, 0.5) is 22.0 Å². The normalized spacial score (nSPS) is 16.2. The second-order valence-electron chi connectivity index (χ2n) is 6.67. The van der Waals surface area contributed by atoms with Gasteiger partial charge in [-0.25, -0.2) is 8.78 Å². The smallest absolute Gasteiger partial charge is 0.462 e. The van der Waals surface area contributed by atoms with Gasteiger partial charge in [0.15, 0.2) is 11.6 Å². The number of nitrogens with zero attached hydrogens (tertiary/aromatic N) is 1. The van der Waals surface area contributed by atoms with Crippen LogP contribution in [-0.4, -0.2) is 36.6 Å². The van der Waals surface area contributed by atoms with E-state index in [1.165, 1.54) is 12.3 Å². The summed E-state index contributed by atoms with van der Waals surface area (Å²) in [6.45, 7) is 0.893. The Morgan fingerprint density at radius 3 is 2.53 bits per heavy atom. The lowest BCUT2D eigenvalue weighted by Crippen LogP contribution is -2.27. The molecule has 162 valence electrons. The molecule has 0 spiro atoms. The number of ether oxygens (including phenoxy) is 3. The molecule has 0 amide bonds. The molecule has 2 heterocycles. The van der Waals surface area contributed by atoms with Gasteiger partial charge in [-0.05, 0) is 29.8 Å². The molecule has 0 aliphatic carbocycles. The van der Waals surface area contributed by atoms with E-state index < -0.39 is 35.6 Å². The molecule has 2 aromatic rings. The predicted octanol–water partition coefficient (Wildman–Crippen LogP) is 4.50. The lowest BCUT2D eigenvalue weighted by atomic mass is 9.91. The van der Waals surface area contributed by atoms with E-state index >= 15 is 0 Å². The lowest BCUT2D eigenvalue weighted by molar-refractivity contribution is -0.275. The van der Waals surface area contributed by atoms with Crippen molar-refractivity contribution in [1.82, 2.24) is 4.98 Å². The highest BCUT2D eigenvalue weighted by molar-refractivity contribution is 5.71. The van der Waals surface area contributed by atoms with Gasteiger partial charge in [0.05, 0.1) is 25.3 Å². The molecule has 0 saturated carbocycles. The number of aromatic nitrogens is 1. The largest absolute Gasteiger partial charge is 0.573 e. The van der Waals surface area contributed by atoms with Crippen LogP contribution in [0.25, 0.3) is 0 Å². The van der Waals surface area contributed by atoms with Crippen molar-refractivity contribution in [3.05, 3.63) is 59.4 Å². The van der Waals surface area contributed by atoms with Crippen LogP contribution < -0.4 is 4.74 Å². The molecule has 0 unspecified atom stereocenters. The number of benzene rings is 1. The molecular formula is C20H18F5NO4. The first-order valence-corrected chi connectivity index (χ1v) is 9.16. The maximum Gasteiger partial charge on any atom is 0.573 e. The van der Waals surface area contributed by atoms with E-state index in [2.05, 4.69) is 9.72 Å². The average molecular weight is 431 g/mol. The van der Waals surface area contributed by atoms with Crippen molar-refractivity contribution in [2.24, 2.45) is 0 Å². The zero-order chi connectivity index (χ0) is 21.7. The predicted molar refractivity (Wildman–Crippen MR) is 93.7 cm³/mol. The van der Waals surface area contributed by atoms with Crippen molar-refractivity contribution >= 4 is 5.97 Å². The number of carbonyl (C=O) groups is 1. The monoisotopic (exact) mass is 431 g/mol. The van der Waals surface area contributed by atoms with Crippen molar-refractivity contribution in [1.29, 1.82) is 0 Å². The number of alkyl halides is 3. The van der Waals surface area contributed by atoms with Gasteiger partial charge in [0.2, 0.25) is 0 Å². The summed E-state index contributed by atoms with van der Waals surface area (Å²) in [7, 11) is 0. The Morgan fingerprint density at radius 1 is 1.17 bits per heavy atom. The SMILES string of the molecule is O=C(C[C@@H](c1ccc(OC(F)(F)F)c(F)c1)c1ncccc1F)OC1CCOCC1. The van der Waals surface area contributed by atoms with Gasteiger partial charge in [0, 0.05) is 25.0 Å². The minimum atomic E-state index is -5.07. The van der Waals surface area contributed by atoms with Gasteiger partial charge in [-0.15, -0.1) is 13.2 Å². The molecule has 0 radical (unpaired) electrons. The van der Waals surface area contributed by atoms with Crippen molar-refractivity contribution in [3.63, 3.8) is 0 Å². The van der Waals surface area contributed by atoms with Crippen LogP contribution in [0.2, 0.25) is 0 Å². The first-order chi connectivity index (χ1) is 14.2. The van der Waals surface area contributed by atoms with Crippen LogP contribution in [0.15, 0.2) is 36.5 Å². The molecule has 30 heavy (non-hydrogen) atoms. The second kappa shape index (κ2) is 9.38. The fourth-order valence-corrected chi connectivity index (χ4v) is 3.16. The molecule has 3 rings (SSSR count). The standard InChI is InChI=1S/C20H18F5NO4/c21-15-2-1-7-26-19(15)14(11-18(27)29-13-5-8-28-9-6-13)12-3-4-17(16(22)10-12)30-20(23,24)25/h1-4,7,10,13-14H,5-6,8-9,11H2/t14-/m0/s1. The van der Waals surface area contributed by atoms with Crippen LogP contribution in [0.3, 0.4) is 0 Å². The molecule has 1 saturated heterocycles. The van der Waals surface area contributed by atoms with Gasteiger partial charge >= 0.3 is 12.3 Å². The maximum atomic E-state index is 14.3. The zero-order valence-corrected chi connectivity index (χ0v) is 15.6. The van der Waals surface area contributed by atoms with Crippen LogP contribution in [0, 0.1) is 11.6 Å². The number of pyridine rings is 1. The summed E-state index contributed by atoms with van der Waals surface area (Å²) in [6, 6.07) is 5.13. The van der Waals surface area contributed by atoms with E-state index in [4.69, 9.17) is 9.47 Å². The van der Waals surface area contributed by atoms with Crippen molar-refractivity contribution < 1.29 is 41.0 Å². The van der Waals surface area contributed by atoms with Crippen LogP contribution in [-0.2, 0) is 14.3 Å².